The normalized spacial score (nSPS) is 15.1. The molecule has 1 aliphatic rings. The van der Waals surface area contributed by atoms with Crippen molar-refractivity contribution in [3.8, 4) is 11.1 Å². The lowest BCUT2D eigenvalue weighted by atomic mass is 9.96. The average molecular weight is 478 g/mol. The topological polar surface area (TPSA) is 82.5 Å². The molecule has 1 unspecified atom stereocenters. The van der Waals surface area contributed by atoms with Crippen LogP contribution in [0.15, 0.2) is 48.7 Å². The number of nitrogens with one attached hydrogen (secondary N) is 1. The molecule has 164 valence electrons. The molecule has 32 heavy (non-hydrogen) atoms. The van der Waals surface area contributed by atoms with Gasteiger partial charge in [0.1, 0.15) is 24.1 Å². The van der Waals surface area contributed by atoms with E-state index in [4.69, 9.17) is 23.2 Å². The van der Waals surface area contributed by atoms with Crippen molar-refractivity contribution in [2.45, 2.75) is 5.92 Å². The first-order valence-electron chi connectivity index (χ1n) is 9.41. The minimum Gasteiger partial charge on any atom is -0.395 e. The predicted molar refractivity (Wildman–Crippen MR) is 117 cm³/mol. The Morgan fingerprint density at radius 3 is 2.66 bits per heavy atom. The summed E-state index contributed by atoms with van der Waals surface area (Å²) < 4.78 is 28.7. The summed E-state index contributed by atoms with van der Waals surface area (Å²) in [6, 6.07) is 9.32. The first-order valence-corrected chi connectivity index (χ1v) is 10.2. The van der Waals surface area contributed by atoms with Gasteiger partial charge in [0.05, 0.1) is 23.0 Å². The number of aliphatic hydroxyl groups excluding tert-OH is 1. The van der Waals surface area contributed by atoms with Gasteiger partial charge in [-0.05, 0) is 36.4 Å². The molecule has 2 aromatic carbocycles. The highest BCUT2D eigenvalue weighted by atomic mass is 35.5. The van der Waals surface area contributed by atoms with Gasteiger partial charge in [-0.3, -0.25) is 14.6 Å². The molecule has 0 aliphatic carbocycles. The molecule has 0 spiro atoms. The van der Waals surface area contributed by atoms with Crippen LogP contribution in [0.2, 0.25) is 10.0 Å². The summed E-state index contributed by atoms with van der Waals surface area (Å²) in [6.07, 6.45) is 1.43. The van der Waals surface area contributed by atoms with E-state index in [1.807, 2.05) is 0 Å². The molecule has 2 amide bonds. The summed E-state index contributed by atoms with van der Waals surface area (Å²) in [6.45, 7) is -1.15. The number of hydrogen-bond acceptors (Lipinski definition) is 4. The van der Waals surface area contributed by atoms with Gasteiger partial charge in [0.2, 0.25) is 11.8 Å². The zero-order valence-electron chi connectivity index (χ0n) is 16.3. The van der Waals surface area contributed by atoms with E-state index >= 15 is 4.39 Å². The predicted octanol–water partition coefficient (Wildman–Crippen LogP) is 4.39. The minimum absolute atomic E-state index is 0.0205. The van der Waals surface area contributed by atoms with Crippen LogP contribution in [0.4, 0.5) is 20.2 Å². The van der Waals surface area contributed by atoms with Crippen molar-refractivity contribution in [2.24, 2.45) is 0 Å². The SMILES string of the molecule is O=C(CN1C(=O)C(CO)c2ncccc2-c2c(F)cc(Cl)cc21)Nc1ccc(Cl)c(F)c1. The lowest BCUT2D eigenvalue weighted by Gasteiger charge is -2.25. The number of nitrogens with zero attached hydrogens (tertiary/aromatic N) is 2. The molecule has 2 N–H and O–H groups in total. The lowest BCUT2D eigenvalue weighted by molar-refractivity contribution is -0.123. The van der Waals surface area contributed by atoms with Crippen LogP contribution in [-0.2, 0) is 9.59 Å². The number of pyridine rings is 1. The number of anilines is 2. The zero-order valence-corrected chi connectivity index (χ0v) is 17.8. The second-order valence-corrected chi connectivity index (χ2v) is 7.90. The van der Waals surface area contributed by atoms with Crippen molar-refractivity contribution in [1.29, 1.82) is 0 Å². The Kier molecular flexibility index (Phi) is 6.10. The molecule has 0 saturated heterocycles. The van der Waals surface area contributed by atoms with Gasteiger partial charge in [-0.1, -0.05) is 29.3 Å². The summed E-state index contributed by atoms with van der Waals surface area (Å²) >= 11 is 11.7. The van der Waals surface area contributed by atoms with Gasteiger partial charge in [-0.15, -0.1) is 0 Å². The lowest BCUT2D eigenvalue weighted by Crippen LogP contribution is -2.41. The molecule has 0 fully saturated rings. The summed E-state index contributed by atoms with van der Waals surface area (Å²) in [5, 5.41) is 12.3. The third-order valence-electron chi connectivity index (χ3n) is 5.01. The Hall–Kier alpha value is -3.07. The van der Waals surface area contributed by atoms with Crippen LogP contribution in [0.5, 0.6) is 0 Å². The van der Waals surface area contributed by atoms with Crippen LogP contribution >= 0.6 is 23.2 Å². The van der Waals surface area contributed by atoms with Gasteiger partial charge in [-0.25, -0.2) is 8.78 Å². The summed E-state index contributed by atoms with van der Waals surface area (Å²) in [7, 11) is 0. The Bertz CT molecular complexity index is 1240. The number of carbonyl (C=O) groups excluding carboxylic acids is 2. The van der Waals surface area contributed by atoms with Gasteiger partial charge in [0.15, 0.2) is 0 Å². The summed E-state index contributed by atoms with van der Waals surface area (Å²) in [5.74, 6) is -3.90. The van der Waals surface area contributed by atoms with E-state index in [1.165, 1.54) is 24.4 Å². The fraction of sp³-hybridized carbons (Fsp3) is 0.136. The molecule has 1 atom stereocenters. The Morgan fingerprint density at radius 2 is 1.94 bits per heavy atom. The molecule has 6 nitrogen and oxygen atoms in total. The van der Waals surface area contributed by atoms with E-state index in [0.29, 0.717) is 5.56 Å². The van der Waals surface area contributed by atoms with E-state index in [2.05, 4.69) is 10.3 Å². The standard InChI is InChI=1S/C22H15Cl2F2N3O3/c23-11-6-17(26)20-13-2-1-5-27-21(13)14(10-30)22(32)29(18(20)7-11)9-19(31)28-12-3-4-15(24)16(25)8-12/h1-8,14,30H,9-10H2,(H,28,31). The number of amides is 2. The molecule has 10 heteroatoms. The number of fused-ring (bicyclic) bond motifs is 3. The molecule has 3 aromatic rings. The molecule has 0 bridgehead atoms. The van der Waals surface area contributed by atoms with Crippen LogP contribution in [0, 0.1) is 11.6 Å². The van der Waals surface area contributed by atoms with E-state index in [1.54, 1.807) is 12.1 Å². The van der Waals surface area contributed by atoms with Crippen molar-refractivity contribution >= 4 is 46.4 Å². The highest BCUT2D eigenvalue weighted by molar-refractivity contribution is 6.31. The number of hydrogen-bond donors (Lipinski definition) is 2. The second kappa shape index (κ2) is 8.82. The molecule has 0 saturated carbocycles. The van der Waals surface area contributed by atoms with Gasteiger partial charge in [0, 0.05) is 28.0 Å². The van der Waals surface area contributed by atoms with E-state index in [-0.39, 0.29) is 32.7 Å². The zero-order chi connectivity index (χ0) is 23.0. The third-order valence-corrected chi connectivity index (χ3v) is 5.54. The first kappa shape index (κ1) is 22.1. The smallest absolute Gasteiger partial charge is 0.244 e. The first-order chi connectivity index (χ1) is 15.3. The number of carbonyl (C=O) groups is 2. The fourth-order valence-corrected chi connectivity index (χ4v) is 3.93. The van der Waals surface area contributed by atoms with Crippen LogP contribution in [0.25, 0.3) is 11.1 Å². The summed E-state index contributed by atoms with van der Waals surface area (Å²) in [4.78, 5) is 31.2. The van der Waals surface area contributed by atoms with Crippen molar-refractivity contribution < 1.29 is 23.5 Å². The van der Waals surface area contributed by atoms with Gasteiger partial charge < -0.3 is 15.3 Å². The Balaban J connectivity index is 1.77. The monoisotopic (exact) mass is 477 g/mol. The number of rotatable bonds is 4. The molecule has 1 aromatic heterocycles. The van der Waals surface area contributed by atoms with Crippen LogP contribution in [0.1, 0.15) is 11.6 Å². The maximum atomic E-state index is 15.0. The third kappa shape index (κ3) is 4.04. The number of aliphatic hydroxyl groups is 1. The minimum atomic E-state index is -1.13. The Labute approximate surface area is 191 Å². The molecule has 2 heterocycles. The van der Waals surface area contributed by atoms with Gasteiger partial charge >= 0.3 is 0 Å². The highest BCUT2D eigenvalue weighted by Gasteiger charge is 2.37. The molecular weight excluding hydrogens is 463 g/mol. The molecule has 1 aliphatic heterocycles. The van der Waals surface area contributed by atoms with Crippen molar-refractivity contribution in [1.82, 2.24) is 4.98 Å². The van der Waals surface area contributed by atoms with Gasteiger partial charge in [-0.2, -0.15) is 0 Å². The average Bonchev–Trinajstić information content (AvgIpc) is 2.84. The summed E-state index contributed by atoms with van der Waals surface area (Å²) in [5.41, 5.74) is 0.715. The molecule has 0 radical (unpaired) electrons. The largest absolute Gasteiger partial charge is 0.395 e. The van der Waals surface area contributed by atoms with Crippen LogP contribution < -0.4 is 10.2 Å². The van der Waals surface area contributed by atoms with Crippen molar-refractivity contribution in [2.75, 3.05) is 23.4 Å². The maximum Gasteiger partial charge on any atom is 0.244 e. The van der Waals surface area contributed by atoms with E-state index in [9.17, 15) is 19.1 Å². The number of aromatic nitrogens is 1. The van der Waals surface area contributed by atoms with Gasteiger partial charge in [0.25, 0.3) is 0 Å². The van der Waals surface area contributed by atoms with E-state index in [0.717, 1.165) is 17.0 Å². The maximum absolute atomic E-state index is 15.0. The molecular formula is C22H15Cl2F2N3O3. The second-order valence-electron chi connectivity index (χ2n) is 7.05. The van der Waals surface area contributed by atoms with E-state index < -0.39 is 42.5 Å². The Morgan fingerprint density at radius 1 is 1.16 bits per heavy atom. The van der Waals surface area contributed by atoms with Crippen LogP contribution in [-0.4, -0.2) is 35.1 Å². The highest BCUT2D eigenvalue weighted by Crippen LogP contribution is 2.42. The number of benzene rings is 2. The fourth-order valence-electron chi connectivity index (χ4n) is 3.62. The molecule has 4 rings (SSSR count). The van der Waals surface area contributed by atoms with Crippen molar-refractivity contribution in [3.05, 3.63) is 76.0 Å². The van der Waals surface area contributed by atoms with Crippen LogP contribution in [0.3, 0.4) is 0 Å². The van der Waals surface area contributed by atoms with Crippen molar-refractivity contribution in [3.63, 3.8) is 0 Å². The quantitative estimate of drug-likeness (QED) is 0.583. The number of halogens is 4.